The number of aryl methyl sites for hydroxylation is 1. The highest BCUT2D eigenvalue weighted by Gasteiger charge is 2.11. The van der Waals surface area contributed by atoms with Crippen molar-refractivity contribution in [3.8, 4) is 0 Å². The van der Waals surface area contributed by atoms with Crippen molar-refractivity contribution in [2.45, 2.75) is 11.8 Å². The first-order valence-corrected chi connectivity index (χ1v) is 8.21. The first-order valence-electron chi connectivity index (χ1n) is 5.87. The number of anilines is 1. The Bertz CT molecular complexity index is 721. The van der Waals surface area contributed by atoms with Crippen LogP contribution in [0.3, 0.4) is 0 Å². The van der Waals surface area contributed by atoms with Gasteiger partial charge in [-0.05, 0) is 31.2 Å². The fourth-order valence-corrected chi connectivity index (χ4v) is 2.87. The lowest BCUT2D eigenvalue weighted by molar-refractivity contribution is 0.260. The summed E-state index contributed by atoms with van der Waals surface area (Å²) in [6, 6.07) is 14.8. The van der Waals surface area contributed by atoms with E-state index in [1.165, 1.54) is 0 Å². The van der Waals surface area contributed by atoms with E-state index in [0.29, 0.717) is 10.6 Å². The molecule has 0 heterocycles. The van der Waals surface area contributed by atoms with Crippen molar-refractivity contribution >= 4 is 31.3 Å². The van der Waals surface area contributed by atoms with Crippen LogP contribution in [-0.4, -0.2) is 10.2 Å². The number of nitrogens with zero attached hydrogens (tertiary/aromatic N) is 1. The Morgan fingerprint density at radius 1 is 1.10 bits per heavy atom. The molecular formula is C14H13ClN2O2S. The first kappa shape index (κ1) is 14.6. The van der Waals surface area contributed by atoms with Crippen molar-refractivity contribution in [3.63, 3.8) is 0 Å². The van der Waals surface area contributed by atoms with Crippen molar-refractivity contribution in [1.29, 1.82) is 0 Å². The van der Waals surface area contributed by atoms with Gasteiger partial charge in [-0.25, -0.2) is 9.00 Å². The quantitative estimate of drug-likeness (QED) is 0.845. The lowest BCUT2D eigenvalue weighted by Gasteiger charge is -2.04. The van der Waals surface area contributed by atoms with E-state index in [9.17, 15) is 9.00 Å². The number of nitrogens with one attached hydrogen (secondary N) is 1. The highest BCUT2D eigenvalue weighted by Crippen LogP contribution is 2.19. The van der Waals surface area contributed by atoms with Crippen LogP contribution in [-0.2, 0) is 8.94 Å². The fourth-order valence-electron chi connectivity index (χ4n) is 1.53. The molecule has 0 aromatic heterocycles. The topological polar surface area (TPSA) is 58.5 Å². The van der Waals surface area contributed by atoms with Gasteiger partial charge in [0.2, 0.25) is 0 Å². The SMILES string of the molecule is Cc1ccc(S(=O)(Cl)=NC(=O)Nc2ccccc2)cc1. The third-order valence-corrected chi connectivity index (χ3v) is 4.53. The molecule has 1 unspecified atom stereocenters. The lowest BCUT2D eigenvalue weighted by Crippen LogP contribution is -2.08. The second kappa shape index (κ2) is 6.07. The number of hydrogen-bond acceptors (Lipinski definition) is 2. The minimum absolute atomic E-state index is 0.313. The maximum absolute atomic E-state index is 12.2. The number of halogens is 1. The summed E-state index contributed by atoms with van der Waals surface area (Å²) < 4.78 is 15.8. The molecule has 0 radical (unpaired) electrons. The maximum Gasteiger partial charge on any atom is 0.354 e. The van der Waals surface area contributed by atoms with E-state index in [4.69, 9.17) is 10.7 Å². The van der Waals surface area contributed by atoms with Gasteiger partial charge in [0.1, 0.15) is 0 Å². The number of carbonyl (C=O) groups is 1. The molecule has 2 amide bonds. The maximum atomic E-state index is 12.2. The molecule has 1 N–H and O–H groups in total. The van der Waals surface area contributed by atoms with E-state index >= 15 is 0 Å². The van der Waals surface area contributed by atoms with Gasteiger partial charge in [0.25, 0.3) is 0 Å². The Hall–Kier alpha value is -1.85. The molecule has 20 heavy (non-hydrogen) atoms. The van der Waals surface area contributed by atoms with Gasteiger partial charge in [0, 0.05) is 16.4 Å². The van der Waals surface area contributed by atoms with Crippen molar-refractivity contribution < 1.29 is 9.00 Å². The van der Waals surface area contributed by atoms with Crippen LogP contribution in [0.1, 0.15) is 5.56 Å². The van der Waals surface area contributed by atoms with Gasteiger partial charge in [-0.15, -0.1) is 4.36 Å². The van der Waals surface area contributed by atoms with E-state index in [0.717, 1.165) is 5.56 Å². The molecule has 0 bridgehead atoms. The number of benzene rings is 2. The molecule has 0 aliphatic carbocycles. The predicted octanol–water partition coefficient (Wildman–Crippen LogP) is 4.21. The zero-order valence-electron chi connectivity index (χ0n) is 10.7. The molecule has 0 aliphatic heterocycles. The van der Waals surface area contributed by atoms with E-state index in [1.807, 2.05) is 13.0 Å². The largest absolute Gasteiger partial charge is 0.354 e. The smallest absolute Gasteiger partial charge is 0.306 e. The van der Waals surface area contributed by atoms with Gasteiger partial charge in [0.15, 0.2) is 8.94 Å². The third-order valence-electron chi connectivity index (χ3n) is 2.54. The average Bonchev–Trinajstić information content (AvgIpc) is 2.39. The third kappa shape index (κ3) is 3.82. The van der Waals surface area contributed by atoms with Crippen molar-refractivity contribution in [1.82, 2.24) is 0 Å². The monoisotopic (exact) mass is 308 g/mol. The molecule has 0 aliphatic rings. The molecule has 4 nitrogen and oxygen atoms in total. The van der Waals surface area contributed by atoms with Crippen LogP contribution in [0.2, 0.25) is 0 Å². The summed E-state index contributed by atoms with van der Waals surface area (Å²) in [7, 11) is 2.61. The van der Waals surface area contributed by atoms with Crippen LogP contribution in [0.25, 0.3) is 0 Å². The molecular weight excluding hydrogens is 296 g/mol. The highest BCUT2D eigenvalue weighted by atomic mass is 35.7. The Morgan fingerprint density at radius 3 is 2.30 bits per heavy atom. The summed E-state index contributed by atoms with van der Waals surface area (Å²) in [6.07, 6.45) is 0. The highest BCUT2D eigenvalue weighted by molar-refractivity contribution is 8.15. The molecule has 2 aromatic rings. The van der Waals surface area contributed by atoms with E-state index in [2.05, 4.69) is 9.68 Å². The molecule has 0 fully saturated rings. The summed E-state index contributed by atoms with van der Waals surface area (Å²) in [6.45, 7) is 1.90. The van der Waals surface area contributed by atoms with Gasteiger partial charge < -0.3 is 5.32 Å². The lowest BCUT2D eigenvalue weighted by atomic mass is 10.2. The Kier molecular flexibility index (Phi) is 4.42. The molecule has 0 saturated carbocycles. The van der Waals surface area contributed by atoms with Crippen LogP contribution in [0.4, 0.5) is 10.5 Å². The van der Waals surface area contributed by atoms with Gasteiger partial charge in [-0.2, -0.15) is 0 Å². The zero-order valence-corrected chi connectivity index (χ0v) is 12.3. The number of hydrogen-bond donors (Lipinski definition) is 1. The van der Waals surface area contributed by atoms with E-state index < -0.39 is 15.0 Å². The average molecular weight is 309 g/mol. The summed E-state index contributed by atoms with van der Waals surface area (Å²) in [5.74, 6) is 0. The minimum atomic E-state index is -3.26. The summed E-state index contributed by atoms with van der Waals surface area (Å²) >= 11 is 0. The number of amides is 2. The van der Waals surface area contributed by atoms with Crippen molar-refractivity contribution in [2.24, 2.45) is 4.36 Å². The normalized spacial score (nSPS) is 13.3. The number of urea groups is 1. The van der Waals surface area contributed by atoms with Gasteiger partial charge in [0.05, 0.1) is 4.90 Å². The van der Waals surface area contributed by atoms with Crippen LogP contribution in [0, 0.1) is 6.92 Å². The summed E-state index contributed by atoms with van der Waals surface area (Å²) in [4.78, 5) is 12.0. The van der Waals surface area contributed by atoms with Gasteiger partial charge >= 0.3 is 6.03 Å². The van der Waals surface area contributed by atoms with E-state index in [1.54, 1.807) is 48.5 Å². The first-order chi connectivity index (χ1) is 9.47. The van der Waals surface area contributed by atoms with Crippen molar-refractivity contribution in [2.75, 3.05) is 5.32 Å². The summed E-state index contributed by atoms with van der Waals surface area (Å²) in [5, 5.41) is 2.51. The summed E-state index contributed by atoms with van der Waals surface area (Å²) in [5.41, 5.74) is 1.58. The molecule has 6 heteroatoms. The van der Waals surface area contributed by atoms with Crippen LogP contribution < -0.4 is 5.32 Å². The molecule has 104 valence electrons. The van der Waals surface area contributed by atoms with Crippen LogP contribution in [0.5, 0.6) is 0 Å². The standard InChI is InChI=1S/C14H13ClN2O2S/c1-11-7-9-13(10-8-11)20(15,19)17-14(18)16-12-5-3-2-4-6-12/h2-10H,1H3,(H,16,18). The Morgan fingerprint density at radius 2 is 1.70 bits per heavy atom. The molecule has 1 atom stereocenters. The second-order valence-corrected chi connectivity index (χ2v) is 6.98. The molecule has 0 spiro atoms. The molecule has 2 aromatic carbocycles. The Labute approximate surface area is 122 Å². The molecule has 0 saturated heterocycles. The van der Waals surface area contributed by atoms with E-state index in [-0.39, 0.29) is 0 Å². The zero-order chi connectivity index (χ0) is 14.6. The predicted molar refractivity (Wildman–Crippen MR) is 81.3 cm³/mol. The van der Waals surface area contributed by atoms with Gasteiger partial charge in [-0.1, -0.05) is 35.9 Å². The minimum Gasteiger partial charge on any atom is -0.306 e. The van der Waals surface area contributed by atoms with Gasteiger partial charge in [-0.3, -0.25) is 0 Å². The number of carbonyl (C=O) groups excluding carboxylic acids is 1. The second-order valence-electron chi connectivity index (χ2n) is 4.16. The fraction of sp³-hybridized carbons (Fsp3) is 0.0714. The molecule has 2 rings (SSSR count). The number of rotatable bonds is 2. The van der Waals surface area contributed by atoms with Crippen LogP contribution >= 0.6 is 10.7 Å². The van der Waals surface area contributed by atoms with Crippen molar-refractivity contribution in [3.05, 3.63) is 60.2 Å². The number of para-hydroxylation sites is 1. The van der Waals surface area contributed by atoms with Crippen LogP contribution in [0.15, 0.2) is 63.9 Å². The Balaban J connectivity index is 2.22.